The molecular weight excluding hydrogens is 200 g/mol. The molecule has 94 valence electrons. The van der Waals surface area contributed by atoms with Gasteiger partial charge in [0.1, 0.15) is 0 Å². The molecular formula is C13H26N2O. The van der Waals surface area contributed by atoms with Gasteiger partial charge in [-0.1, -0.05) is 0 Å². The van der Waals surface area contributed by atoms with Gasteiger partial charge in [-0.2, -0.15) is 0 Å². The van der Waals surface area contributed by atoms with Crippen LogP contribution in [0.5, 0.6) is 0 Å². The summed E-state index contributed by atoms with van der Waals surface area (Å²) in [6, 6.07) is 3.12. The average molecular weight is 226 g/mol. The molecule has 2 bridgehead atoms. The van der Waals surface area contributed by atoms with Gasteiger partial charge in [0.05, 0.1) is 13.2 Å². The maximum absolute atomic E-state index is 5.67. The molecule has 1 N–H and O–H groups in total. The molecule has 0 amide bonds. The largest absolute Gasteiger partial charge is 0.378 e. The predicted molar refractivity (Wildman–Crippen MR) is 66.7 cm³/mol. The van der Waals surface area contributed by atoms with Crippen molar-refractivity contribution in [2.75, 3.05) is 20.3 Å². The summed E-state index contributed by atoms with van der Waals surface area (Å²) in [5.74, 6) is 0. The minimum atomic E-state index is 0. The molecule has 3 nitrogen and oxygen atoms in total. The summed E-state index contributed by atoms with van der Waals surface area (Å²) in [5.41, 5.74) is 0. The molecule has 2 saturated heterocycles. The smallest absolute Gasteiger partial charge is 0.0622 e. The van der Waals surface area contributed by atoms with Crippen LogP contribution in [0.1, 0.15) is 40.0 Å². The second-order valence-electron chi connectivity index (χ2n) is 5.66. The molecule has 3 rings (SSSR count). The third kappa shape index (κ3) is 1.89. The fourth-order valence-corrected chi connectivity index (χ4v) is 3.92. The quantitative estimate of drug-likeness (QED) is 0.774. The standard InChI is InChI=1S/C13H24N2O.H2/c1-14-10-2-4-11(5-3-10)15-12-6-7-13(15)9-16-8-12;/h10-14H,2-9H2,1H3;1H. The maximum atomic E-state index is 5.67. The van der Waals surface area contributed by atoms with Crippen LogP contribution in [0.15, 0.2) is 0 Å². The maximum Gasteiger partial charge on any atom is 0.0622 e. The van der Waals surface area contributed by atoms with Crippen molar-refractivity contribution >= 4 is 0 Å². The molecule has 3 fully saturated rings. The van der Waals surface area contributed by atoms with Crippen LogP contribution in [0.4, 0.5) is 0 Å². The molecule has 16 heavy (non-hydrogen) atoms. The normalized spacial score (nSPS) is 44.8. The Morgan fingerprint density at radius 2 is 1.50 bits per heavy atom. The van der Waals surface area contributed by atoms with Crippen LogP contribution >= 0.6 is 0 Å². The summed E-state index contributed by atoms with van der Waals surface area (Å²) >= 11 is 0. The number of nitrogens with zero attached hydrogens (tertiary/aromatic N) is 1. The fourth-order valence-electron chi connectivity index (χ4n) is 3.92. The van der Waals surface area contributed by atoms with Crippen molar-refractivity contribution < 1.29 is 6.16 Å². The molecule has 3 heteroatoms. The summed E-state index contributed by atoms with van der Waals surface area (Å²) in [7, 11) is 2.10. The lowest BCUT2D eigenvalue weighted by Gasteiger charge is -2.43. The van der Waals surface area contributed by atoms with Crippen LogP contribution in [-0.4, -0.2) is 49.3 Å². The Kier molecular flexibility index (Phi) is 3.18. The molecule has 2 atom stereocenters. The van der Waals surface area contributed by atoms with E-state index in [1.165, 1.54) is 38.5 Å². The van der Waals surface area contributed by atoms with Crippen LogP contribution in [0, 0.1) is 0 Å². The number of nitrogens with one attached hydrogen (secondary N) is 1. The molecule has 1 aliphatic carbocycles. The average Bonchev–Trinajstić information content (AvgIpc) is 2.59. The number of hydrogen-bond acceptors (Lipinski definition) is 3. The second-order valence-corrected chi connectivity index (χ2v) is 5.66. The van der Waals surface area contributed by atoms with E-state index in [9.17, 15) is 0 Å². The molecule has 3 aliphatic rings. The summed E-state index contributed by atoms with van der Waals surface area (Å²) in [6.45, 7) is 1.98. The Morgan fingerprint density at radius 3 is 2.06 bits per heavy atom. The summed E-state index contributed by atoms with van der Waals surface area (Å²) in [4.78, 5) is 2.81. The van der Waals surface area contributed by atoms with Crippen LogP contribution < -0.4 is 5.32 Å². The lowest BCUT2D eigenvalue weighted by Crippen LogP contribution is -2.53. The topological polar surface area (TPSA) is 24.5 Å². The molecule has 0 aromatic carbocycles. The molecule has 2 heterocycles. The van der Waals surface area contributed by atoms with Gasteiger partial charge < -0.3 is 10.1 Å². The highest BCUT2D eigenvalue weighted by Gasteiger charge is 2.41. The van der Waals surface area contributed by atoms with Gasteiger partial charge in [0.2, 0.25) is 0 Å². The summed E-state index contributed by atoms with van der Waals surface area (Å²) in [6.07, 6.45) is 8.24. The van der Waals surface area contributed by atoms with E-state index in [-0.39, 0.29) is 1.43 Å². The molecule has 0 radical (unpaired) electrons. The number of hydrogen-bond donors (Lipinski definition) is 1. The molecule has 2 aliphatic heterocycles. The zero-order valence-electron chi connectivity index (χ0n) is 10.3. The van der Waals surface area contributed by atoms with E-state index < -0.39 is 0 Å². The Bertz CT molecular complexity index is 228. The van der Waals surface area contributed by atoms with Crippen LogP contribution in [0.2, 0.25) is 0 Å². The van der Waals surface area contributed by atoms with Gasteiger partial charge in [-0.3, -0.25) is 4.90 Å². The first-order valence-corrected chi connectivity index (χ1v) is 6.91. The zero-order valence-corrected chi connectivity index (χ0v) is 10.3. The van der Waals surface area contributed by atoms with Crippen LogP contribution in [0.25, 0.3) is 0 Å². The van der Waals surface area contributed by atoms with E-state index in [1.807, 2.05) is 0 Å². The molecule has 1 saturated carbocycles. The SMILES string of the molecule is CNC1CCC(N2C3CCC2COC3)CC1.[HH]. The summed E-state index contributed by atoms with van der Waals surface area (Å²) < 4.78 is 5.67. The number of rotatable bonds is 2. The van der Waals surface area contributed by atoms with Crippen molar-refractivity contribution in [3.8, 4) is 0 Å². The minimum Gasteiger partial charge on any atom is -0.378 e. The van der Waals surface area contributed by atoms with Gasteiger partial charge in [-0.25, -0.2) is 0 Å². The van der Waals surface area contributed by atoms with Gasteiger partial charge in [-0.15, -0.1) is 0 Å². The highest BCUT2D eigenvalue weighted by atomic mass is 16.5. The third-order valence-electron chi connectivity index (χ3n) is 4.82. The summed E-state index contributed by atoms with van der Waals surface area (Å²) in [5, 5.41) is 3.42. The van der Waals surface area contributed by atoms with E-state index in [0.29, 0.717) is 0 Å². The number of fused-ring (bicyclic) bond motifs is 2. The predicted octanol–water partition coefficient (Wildman–Crippen LogP) is 1.63. The Labute approximate surface area is 100 Å². The van der Waals surface area contributed by atoms with Crippen molar-refractivity contribution in [2.45, 2.75) is 62.7 Å². The van der Waals surface area contributed by atoms with Crippen molar-refractivity contribution in [3.63, 3.8) is 0 Å². The molecule has 0 aromatic heterocycles. The van der Waals surface area contributed by atoms with E-state index >= 15 is 0 Å². The number of morpholine rings is 1. The van der Waals surface area contributed by atoms with E-state index in [0.717, 1.165) is 37.4 Å². The third-order valence-corrected chi connectivity index (χ3v) is 4.82. The lowest BCUT2D eigenvalue weighted by molar-refractivity contribution is -0.0445. The van der Waals surface area contributed by atoms with Crippen molar-refractivity contribution in [2.24, 2.45) is 0 Å². The van der Waals surface area contributed by atoms with Crippen molar-refractivity contribution in [1.29, 1.82) is 0 Å². The molecule has 0 aromatic rings. The van der Waals surface area contributed by atoms with Crippen molar-refractivity contribution in [3.05, 3.63) is 0 Å². The minimum absolute atomic E-state index is 0. The fraction of sp³-hybridized carbons (Fsp3) is 1.00. The lowest BCUT2D eigenvalue weighted by atomic mass is 9.89. The first-order valence-electron chi connectivity index (χ1n) is 6.91. The van der Waals surface area contributed by atoms with E-state index in [4.69, 9.17) is 4.74 Å². The number of ether oxygens (including phenoxy) is 1. The zero-order chi connectivity index (χ0) is 11.0. The van der Waals surface area contributed by atoms with Crippen LogP contribution in [0.3, 0.4) is 0 Å². The molecule has 2 unspecified atom stereocenters. The molecule has 0 spiro atoms. The van der Waals surface area contributed by atoms with Crippen molar-refractivity contribution in [1.82, 2.24) is 10.2 Å². The Morgan fingerprint density at radius 1 is 0.938 bits per heavy atom. The Hall–Kier alpha value is -0.120. The van der Waals surface area contributed by atoms with Gasteiger partial charge in [0, 0.05) is 25.6 Å². The monoisotopic (exact) mass is 226 g/mol. The van der Waals surface area contributed by atoms with Gasteiger partial charge in [-0.05, 0) is 45.6 Å². The van der Waals surface area contributed by atoms with E-state index in [1.54, 1.807) is 0 Å². The highest BCUT2D eigenvalue weighted by molar-refractivity contribution is 4.96. The van der Waals surface area contributed by atoms with Gasteiger partial charge in [0.25, 0.3) is 0 Å². The first-order chi connectivity index (χ1) is 7.88. The van der Waals surface area contributed by atoms with Crippen LogP contribution in [-0.2, 0) is 4.74 Å². The van der Waals surface area contributed by atoms with Gasteiger partial charge >= 0.3 is 0 Å². The second kappa shape index (κ2) is 4.63. The Balaban J connectivity index is 0.00000108. The highest BCUT2D eigenvalue weighted by Crippen LogP contribution is 2.35. The van der Waals surface area contributed by atoms with Gasteiger partial charge in [0.15, 0.2) is 0 Å². The first kappa shape index (κ1) is 11.0. The van der Waals surface area contributed by atoms with E-state index in [2.05, 4.69) is 17.3 Å².